The lowest BCUT2D eigenvalue weighted by atomic mass is 9.85. The highest BCUT2D eigenvalue weighted by molar-refractivity contribution is 8.00. The zero-order valence-electron chi connectivity index (χ0n) is 13.7. The van der Waals surface area contributed by atoms with E-state index in [2.05, 4.69) is 15.5 Å². The van der Waals surface area contributed by atoms with Crippen LogP contribution in [0.4, 0.5) is 0 Å². The van der Waals surface area contributed by atoms with E-state index in [-0.39, 0.29) is 5.91 Å². The summed E-state index contributed by atoms with van der Waals surface area (Å²) in [5.74, 6) is 3.01. The highest BCUT2D eigenvalue weighted by Gasteiger charge is 2.25. The van der Waals surface area contributed by atoms with E-state index in [1.54, 1.807) is 7.11 Å². The number of nitrogens with zero attached hydrogens (tertiary/aromatic N) is 2. The standard InChI is InChI=1S/C17H21N3O3S/c1-22-13-6-3-7-14(10-13)24-11-16(21)18-9-8-15-19-17(23-20-15)12-4-2-5-12/h3,6-7,10,12H,2,4-5,8-9,11H2,1H3,(H,18,21). The third-order valence-corrected chi connectivity index (χ3v) is 5.01. The molecule has 1 aromatic heterocycles. The van der Waals surface area contributed by atoms with Gasteiger partial charge < -0.3 is 14.6 Å². The van der Waals surface area contributed by atoms with Crippen LogP contribution in [0, 0.1) is 0 Å². The van der Waals surface area contributed by atoms with E-state index in [0.717, 1.165) is 29.4 Å². The Morgan fingerprint density at radius 2 is 2.33 bits per heavy atom. The van der Waals surface area contributed by atoms with Crippen LogP contribution in [0.3, 0.4) is 0 Å². The molecule has 1 aromatic carbocycles. The molecule has 1 N–H and O–H groups in total. The minimum absolute atomic E-state index is 0.00877. The highest BCUT2D eigenvalue weighted by atomic mass is 32.2. The summed E-state index contributed by atoms with van der Waals surface area (Å²) in [6.45, 7) is 0.515. The average Bonchev–Trinajstić information content (AvgIpc) is 3.00. The number of thioether (sulfide) groups is 1. The summed E-state index contributed by atoms with van der Waals surface area (Å²) >= 11 is 1.48. The predicted molar refractivity (Wildman–Crippen MR) is 91.3 cm³/mol. The molecule has 1 heterocycles. The molecule has 0 bridgehead atoms. The van der Waals surface area contributed by atoms with Crippen molar-refractivity contribution in [3.05, 3.63) is 36.0 Å². The second kappa shape index (κ2) is 8.19. The number of amides is 1. The molecule has 1 aliphatic carbocycles. The maximum absolute atomic E-state index is 11.9. The molecule has 0 radical (unpaired) electrons. The number of benzene rings is 1. The van der Waals surface area contributed by atoms with Crippen molar-refractivity contribution >= 4 is 17.7 Å². The maximum Gasteiger partial charge on any atom is 0.230 e. The quantitative estimate of drug-likeness (QED) is 0.740. The predicted octanol–water partition coefficient (Wildman–Crippen LogP) is 2.80. The Balaban J connectivity index is 1.37. The molecule has 6 nitrogen and oxygen atoms in total. The molecule has 128 valence electrons. The van der Waals surface area contributed by atoms with Crippen LogP contribution in [-0.2, 0) is 11.2 Å². The van der Waals surface area contributed by atoms with Gasteiger partial charge in [0.25, 0.3) is 0 Å². The van der Waals surface area contributed by atoms with E-state index >= 15 is 0 Å². The molecule has 2 aromatic rings. The molecule has 1 amide bonds. The topological polar surface area (TPSA) is 77.2 Å². The fourth-order valence-electron chi connectivity index (χ4n) is 2.39. The van der Waals surface area contributed by atoms with Gasteiger partial charge in [0, 0.05) is 23.8 Å². The molecular formula is C17H21N3O3S. The molecule has 0 aliphatic heterocycles. The summed E-state index contributed by atoms with van der Waals surface area (Å²) in [6, 6.07) is 7.67. The Morgan fingerprint density at radius 1 is 1.46 bits per heavy atom. The third-order valence-electron chi connectivity index (χ3n) is 4.02. The molecular weight excluding hydrogens is 326 g/mol. The Kier molecular flexibility index (Phi) is 5.74. The first-order valence-corrected chi connectivity index (χ1v) is 9.09. The summed E-state index contributed by atoms with van der Waals surface area (Å²) < 4.78 is 10.4. The maximum atomic E-state index is 11.9. The van der Waals surface area contributed by atoms with Crippen LogP contribution >= 0.6 is 11.8 Å². The fraction of sp³-hybridized carbons (Fsp3) is 0.471. The van der Waals surface area contributed by atoms with Gasteiger partial charge in [-0.3, -0.25) is 4.79 Å². The Morgan fingerprint density at radius 3 is 3.08 bits per heavy atom. The van der Waals surface area contributed by atoms with E-state index in [0.29, 0.717) is 30.5 Å². The van der Waals surface area contributed by atoms with Gasteiger partial charge >= 0.3 is 0 Å². The van der Waals surface area contributed by atoms with Crippen LogP contribution in [0.25, 0.3) is 0 Å². The summed E-state index contributed by atoms with van der Waals surface area (Å²) in [5, 5.41) is 6.86. The summed E-state index contributed by atoms with van der Waals surface area (Å²) in [7, 11) is 1.63. The summed E-state index contributed by atoms with van der Waals surface area (Å²) in [4.78, 5) is 17.3. The lowest BCUT2D eigenvalue weighted by Gasteiger charge is -2.20. The van der Waals surface area contributed by atoms with Gasteiger partial charge in [0.2, 0.25) is 11.8 Å². The van der Waals surface area contributed by atoms with Crippen molar-refractivity contribution in [2.75, 3.05) is 19.4 Å². The van der Waals surface area contributed by atoms with Crippen molar-refractivity contribution in [3.8, 4) is 5.75 Å². The molecule has 0 unspecified atom stereocenters. The second-order valence-corrected chi connectivity index (χ2v) is 6.79. The Bertz CT molecular complexity index is 685. The smallest absolute Gasteiger partial charge is 0.230 e. The molecule has 3 rings (SSSR count). The number of carbonyl (C=O) groups excluding carboxylic acids is 1. The van der Waals surface area contributed by atoms with Gasteiger partial charge in [-0.1, -0.05) is 17.6 Å². The molecule has 1 saturated carbocycles. The van der Waals surface area contributed by atoms with Crippen molar-refractivity contribution < 1.29 is 14.1 Å². The number of aromatic nitrogens is 2. The second-order valence-electron chi connectivity index (χ2n) is 5.74. The van der Waals surface area contributed by atoms with Gasteiger partial charge in [0.1, 0.15) is 5.75 Å². The molecule has 1 fully saturated rings. The van der Waals surface area contributed by atoms with Gasteiger partial charge in [-0.2, -0.15) is 4.98 Å². The minimum atomic E-state index is -0.00877. The van der Waals surface area contributed by atoms with Crippen LogP contribution in [-0.4, -0.2) is 35.5 Å². The third kappa shape index (κ3) is 4.50. The van der Waals surface area contributed by atoms with Gasteiger partial charge in [0.15, 0.2) is 5.82 Å². The van der Waals surface area contributed by atoms with Crippen LogP contribution in [0.1, 0.15) is 36.9 Å². The van der Waals surface area contributed by atoms with Gasteiger partial charge in [-0.05, 0) is 31.0 Å². The Labute approximate surface area is 145 Å². The molecule has 1 aliphatic rings. The molecule has 0 atom stereocenters. The number of nitrogens with one attached hydrogen (secondary N) is 1. The SMILES string of the molecule is COc1cccc(SCC(=O)NCCc2noc(C3CCC3)n2)c1. The average molecular weight is 347 g/mol. The highest BCUT2D eigenvalue weighted by Crippen LogP contribution is 2.35. The minimum Gasteiger partial charge on any atom is -0.497 e. The lowest BCUT2D eigenvalue weighted by Crippen LogP contribution is -2.27. The van der Waals surface area contributed by atoms with E-state index in [4.69, 9.17) is 9.26 Å². The van der Waals surface area contributed by atoms with Crippen LogP contribution < -0.4 is 10.1 Å². The largest absolute Gasteiger partial charge is 0.497 e. The molecule has 0 spiro atoms. The van der Waals surface area contributed by atoms with E-state index in [9.17, 15) is 4.79 Å². The molecule has 24 heavy (non-hydrogen) atoms. The first-order valence-electron chi connectivity index (χ1n) is 8.10. The van der Waals surface area contributed by atoms with E-state index in [1.807, 2.05) is 24.3 Å². The first-order chi connectivity index (χ1) is 11.7. The summed E-state index contributed by atoms with van der Waals surface area (Å²) in [5.41, 5.74) is 0. The van der Waals surface area contributed by atoms with Crippen molar-refractivity contribution in [2.24, 2.45) is 0 Å². The van der Waals surface area contributed by atoms with Crippen molar-refractivity contribution in [1.29, 1.82) is 0 Å². The number of ether oxygens (including phenoxy) is 1. The number of rotatable bonds is 8. The molecule has 0 saturated heterocycles. The van der Waals surface area contributed by atoms with Crippen LogP contribution in [0.5, 0.6) is 5.75 Å². The monoisotopic (exact) mass is 347 g/mol. The van der Waals surface area contributed by atoms with Gasteiger partial charge in [0.05, 0.1) is 12.9 Å². The van der Waals surface area contributed by atoms with Crippen molar-refractivity contribution in [1.82, 2.24) is 15.5 Å². The van der Waals surface area contributed by atoms with Crippen LogP contribution in [0.15, 0.2) is 33.7 Å². The Hall–Kier alpha value is -2.02. The van der Waals surface area contributed by atoms with Crippen LogP contribution in [0.2, 0.25) is 0 Å². The van der Waals surface area contributed by atoms with Crippen molar-refractivity contribution in [3.63, 3.8) is 0 Å². The normalized spacial score (nSPS) is 14.2. The number of hydrogen-bond donors (Lipinski definition) is 1. The lowest BCUT2D eigenvalue weighted by molar-refractivity contribution is -0.118. The number of methoxy groups -OCH3 is 1. The van der Waals surface area contributed by atoms with Gasteiger partial charge in [-0.25, -0.2) is 0 Å². The van der Waals surface area contributed by atoms with E-state index < -0.39 is 0 Å². The zero-order chi connectivity index (χ0) is 16.8. The van der Waals surface area contributed by atoms with E-state index in [1.165, 1.54) is 18.2 Å². The van der Waals surface area contributed by atoms with Crippen molar-refractivity contribution in [2.45, 2.75) is 36.5 Å². The van der Waals surface area contributed by atoms with Gasteiger partial charge in [-0.15, -0.1) is 11.8 Å². The molecule has 7 heteroatoms. The zero-order valence-corrected chi connectivity index (χ0v) is 14.5. The first kappa shape index (κ1) is 16.8. The fourth-order valence-corrected chi connectivity index (χ4v) is 3.17. The number of carbonyl (C=O) groups is 1. The summed E-state index contributed by atoms with van der Waals surface area (Å²) in [6.07, 6.45) is 4.11. The number of hydrogen-bond acceptors (Lipinski definition) is 6.